The second kappa shape index (κ2) is 10.0. The van der Waals surface area contributed by atoms with E-state index in [4.69, 9.17) is 9.47 Å². The van der Waals surface area contributed by atoms with E-state index in [0.29, 0.717) is 6.42 Å². The van der Waals surface area contributed by atoms with Crippen molar-refractivity contribution in [1.82, 2.24) is 0 Å². The first-order chi connectivity index (χ1) is 11.4. The fraction of sp³-hybridized carbons (Fsp3) is 0.667. The number of hydrogen-bond donors (Lipinski definition) is 1. The minimum absolute atomic E-state index is 0.103. The molecule has 0 radical (unpaired) electrons. The van der Waals surface area contributed by atoms with Crippen LogP contribution in [0.2, 0.25) is 0 Å². The molecule has 3 nitrogen and oxygen atoms in total. The standard InChI is InChI=1S/C18H27F3O3/c1-4-5-6-7-8-9-10-14(18(22,23-2)24-3)13-11-15(19)17(21)16(20)12-13/h11-12,14,22H,4-10H2,1-3H3. The monoisotopic (exact) mass is 348 g/mol. The Kier molecular flexibility index (Phi) is 8.73. The molecule has 0 aliphatic rings. The molecule has 1 unspecified atom stereocenters. The molecule has 0 spiro atoms. The predicted octanol–water partition coefficient (Wildman–Crippen LogP) is 4.88. The highest BCUT2D eigenvalue weighted by atomic mass is 19.2. The Balaban J connectivity index is 2.90. The summed E-state index contributed by atoms with van der Waals surface area (Å²) < 4.78 is 50.3. The van der Waals surface area contributed by atoms with Crippen LogP contribution in [0.1, 0.15) is 63.4 Å². The highest BCUT2D eigenvalue weighted by molar-refractivity contribution is 5.24. The Morgan fingerprint density at radius 3 is 1.96 bits per heavy atom. The molecule has 1 aromatic carbocycles. The third-order valence-corrected chi connectivity index (χ3v) is 4.28. The summed E-state index contributed by atoms with van der Waals surface area (Å²) in [7, 11) is 2.49. The van der Waals surface area contributed by atoms with E-state index < -0.39 is 29.3 Å². The summed E-state index contributed by atoms with van der Waals surface area (Å²) in [5.41, 5.74) is 0.103. The summed E-state index contributed by atoms with van der Waals surface area (Å²) in [4.78, 5) is 0. The Labute approximate surface area is 141 Å². The number of benzene rings is 1. The molecule has 0 saturated carbocycles. The van der Waals surface area contributed by atoms with Gasteiger partial charge in [0.05, 0.1) is 5.92 Å². The molecule has 0 bridgehead atoms. The number of methoxy groups -OCH3 is 2. The van der Waals surface area contributed by atoms with Crippen molar-refractivity contribution < 1.29 is 27.8 Å². The van der Waals surface area contributed by atoms with Crippen molar-refractivity contribution in [3.05, 3.63) is 35.1 Å². The second-order valence-electron chi connectivity index (χ2n) is 5.95. The van der Waals surface area contributed by atoms with Gasteiger partial charge in [-0.2, -0.15) is 0 Å². The highest BCUT2D eigenvalue weighted by Gasteiger charge is 2.39. The van der Waals surface area contributed by atoms with Gasteiger partial charge >= 0.3 is 0 Å². The number of hydrogen-bond acceptors (Lipinski definition) is 3. The molecule has 0 fully saturated rings. The van der Waals surface area contributed by atoms with E-state index in [9.17, 15) is 18.3 Å². The lowest BCUT2D eigenvalue weighted by Crippen LogP contribution is -2.40. The van der Waals surface area contributed by atoms with Crippen LogP contribution in [-0.2, 0) is 9.47 Å². The summed E-state index contributed by atoms with van der Waals surface area (Å²) in [6.07, 6.45) is 6.53. The lowest BCUT2D eigenvalue weighted by molar-refractivity contribution is -0.353. The molecule has 1 atom stereocenters. The topological polar surface area (TPSA) is 38.7 Å². The molecule has 0 aromatic heterocycles. The van der Waals surface area contributed by atoms with Gasteiger partial charge in [-0.3, -0.25) is 0 Å². The van der Waals surface area contributed by atoms with Crippen LogP contribution < -0.4 is 0 Å². The van der Waals surface area contributed by atoms with Gasteiger partial charge in [-0.1, -0.05) is 45.4 Å². The SMILES string of the molecule is CCCCCCCCC(c1cc(F)c(F)c(F)c1)C(O)(OC)OC. The second-order valence-corrected chi connectivity index (χ2v) is 5.95. The molecule has 1 rings (SSSR count). The maximum atomic E-state index is 13.5. The lowest BCUT2D eigenvalue weighted by atomic mass is 9.90. The maximum absolute atomic E-state index is 13.5. The molecular formula is C18H27F3O3. The van der Waals surface area contributed by atoms with E-state index >= 15 is 0 Å². The van der Waals surface area contributed by atoms with E-state index in [-0.39, 0.29) is 5.56 Å². The first kappa shape index (κ1) is 20.9. The van der Waals surface area contributed by atoms with Gasteiger partial charge in [0.15, 0.2) is 17.5 Å². The van der Waals surface area contributed by atoms with E-state index in [1.807, 2.05) is 0 Å². The smallest absolute Gasteiger partial charge is 0.287 e. The molecule has 0 amide bonds. The van der Waals surface area contributed by atoms with Crippen molar-refractivity contribution in [2.24, 2.45) is 0 Å². The minimum atomic E-state index is -2.03. The third kappa shape index (κ3) is 5.46. The molecule has 0 aliphatic heterocycles. The van der Waals surface area contributed by atoms with E-state index in [1.165, 1.54) is 14.2 Å². The van der Waals surface area contributed by atoms with Crippen molar-refractivity contribution >= 4 is 0 Å². The summed E-state index contributed by atoms with van der Waals surface area (Å²) in [6.45, 7) is 2.13. The fourth-order valence-electron chi connectivity index (χ4n) is 2.83. The van der Waals surface area contributed by atoms with Gasteiger partial charge in [-0.05, 0) is 24.1 Å². The van der Waals surface area contributed by atoms with Crippen molar-refractivity contribution in [1.29, 1.82) is 0 Å². The van der Waals surface area contributed by atoms with Gasteiger partial charge < -0.3 is 14.6 Å². The molecule has 0 aliphatic carbocycles. The average molecular weight is 348 g/mol. The summed E-state index contributed by atoms with van der Waals surface area (Å²) in [5.74, 6) is -6.99. The van der Waals surface area contributed by atoms with Crippen molar-refractivity contribution in [3.63, 3.8) is 0 Å². The Morgan fingerprint density at radius 2 is 1.46 bits per heavy atom. The van der Waals surface area contributed by atoms with Gasteiger partial charge in [0.1, 0.15) is 0 Å². The molecule has 1 N–H and O–H groups in total. The van der Waals surface area contributed by atoms with Crippen LogP contribution in [0.4, 0.5) is 13.2 Å². The zero-order valence-corrected chi connectivity index (χ0v) is 14.6. The fourth-order valence-corrected chi connectivity index (χ4v) is 2.83. The number of rotatable bonds is 11. The molecule has 6 heteroatoms. The number of halogens is 3. The Bertz CT molecular complexity index is 481. The summed E-state index contributed by atoms with van der Waals surface area (Å²) in [5, 5.41) is 10.5. The third-order valence-electron chi connectivity index (χ3n) is 4.28. The van der Waals surface area contributed by atoms with Crippen LogP contribution in [0.25, 0.3) is 0 Å². The van der Waals surface area contributed by atoms with Crippen molar-refractivity contribution in [2.75, 3.05) is 14.2 Å². The molecule has 0 heterocycles. The molecule has 1 aromatic rings. The van der Waals surface area contributed by atoms with E-state index in [2.05, 4.69) is 6.92 Å². The summed E-state index contributed by atoms with van der Waals surface area (Å²) >= 11 is 0. The van der Waals surface area contributed by atoms with Gasteiger partial charge in [0, 0.05) is 14.2 Å². The van der Waals surface area contributed by atoms with Crippen LogP contribution in [-0.4, -0.2) is 25.3 Å². The van der Waals surface area contributed by atoms with Gasteiger partial charge in [0.2, 0.25) is 0 Å². The zero-order valence-electron chi connectivity index (χ0n) is 14.6. The predicted molar refractivity (Wildman–Crippen MR) is 86.0 cm³/mol. The van der Waals surface area contributed by atoms with Crippen LogP contribution in [0.15, 0.2) is 12.1 Å². The summed E-state index contributed by atoms with van der Waals surface area (Å²) in [6, 6.07) is 1.76. The largest absolute Gasteiger partial charge is 0.343 e. The number of unbranched alkanes of at least 4 members (excludes halogenated alkanes) is 5. The molecule has 0 saturated heterocycles. The van der Waals surface area contributed by atoms with E-state index in [0.717, 1.165) is 50.7 Å². The Hall–Kier alpha value is -1.11. The first-order valence-corrected chi connectivity index (χ1v) is 8.36. The van der Waals surface area contributed by atoms with Gasteiger partial charge in [-0.25, -0.2) is 13.2 Å². The lowest BCUT2D eigenvalue weighted by Gasteiger charge is -2.33. The van der Waals surface area contributed by atoms with Gasteiger partial charge in [0.25, 0.3) is 5.97 Å². The first-order valence-electron chi connectivity index (χ1n) is 8.36. The van der Waals surface area contributed by atoms with Crippen LogP contribution in [0.5, 0.6) is 0 Å². The van der Waals surface area contributed by atoms with E-state index in [1.54, 1.807) is 0 Å². The normalized spacial score (nSPS) is 13.3. The number of aliphatic hydroxyl groups is 1. The Morgan fingerprint density at radius 1 is 0.958 bits per heavy atom. The van der Waals surface area contributed by atoms with Crippen LogP contribution in [0, 0.1) is 17.5 Å². The van der Waals surface area contributed by atoms with Crippen molar-refractivity contribution in [3.8, 4) is 0 Å². The van der Waals surface area contributed by atoms with Gasteiger partial charge in [-0.15, -0.1) is 0 Å². The average Bonchev–Trinajstić information content (AvgIpc) is 2.58. The zero-order chi connectivity index (χ0) is 18.2. The molecule has 24 heavy (non-hydrogen) atoms. The highest BCUT2D eigenvalue weighted by Crippen LogP contribution is 2.36. The molecule has 138 valence electrons. The van der Waals surface area contributed by atoms with Crippen LogP contribution in [0.3, 0.4) is 0 Å². The maximum Gasteiger partial charge on any atom is 0.287 e. The van der Waals surface area contributed by atoms with Crippen LogP contribution >= 0.6 is 0 Å². The molecular weight excluding hydrogens is 321 g/mol. The minimum Gasteiger partial charge on any atom is -0.343 e. The number of ether oxygens (including phenoxy) is 2. The van der Waals surface area contributed by atoms with Crippen molar-refractivity contribution in [2.45, 2.75) is 63.8 Å². The quantitative estimate of drug-likeness (QED) is 0.352.